The van der Waals surface area contributed by atoms with Crippen LogP contribution in [0.2, 0.25) is 0 Å². The molecular weight excluding hydrogens is 303 g/mol. The molecule has 1 aliphatic rings. The van der Waals surface area contributed by atoms with Crippen LogP contribution in [0, 0.1) is 5.82 Å². The summed E-state index contributed by atoms with van der Waals surface area (Å²) < 4.78 is 13.4. The lowest BCUT2D eigenvalue weighted by Gasteiger charge is -2.17. The zero-order valence-corrected chi connectivity index (χ0v) is 12.4. The molecule has 6 heteroatoms. The maximum absolute atomic E-state index is 13.4. The average Bonchev–Trinajstić information content (AvgIpc) is 2.53. The van der Waals surface area contributed by atoms with Gasteiger partial charge >= 0.3 is 5.97 Å². The molecule has 3 rings (SSSR count). The fraction of sp³-hybridized carbons (Fsp3) is 0.125. The van der Waals surface area contributed by atoms with Gasteiger partial charge in [-0.05, 0) is 36.4 Å². The highest BCUT2D eigenvalue weighted by Crippen LogP contribution is 2.30. The van der Waals surface area contributed by atoms with Crippen molar-refractivity contribution in [2.75, 3.05) is 11.2 Å². The fourth-order valence-electron chi connectivity index (χ4n) is 2.22. The van der Waals surface area contributed by atoms with Crippen LogP contribution in [0.3, 0.4) is 0 Å². The van der Waals surface area contributed by atoms with Crippen LogP contribution < -0.4 is 5.43 Å². The van der Waals surface area contributed by atoms with Crippen LogP contribution >= 0.6 is 11.8 Å². The minimum absolute atomic E-state index is 0.191. The van der Waals surface area contributed by atoms with E-state index in [9.17, 15) is 9.18 Å². The topological polar surface area (TPSA) is 61.7 Å². The molecule has 2 aromatic rings. The van der Waals surface area contributed by atoms with Gasteiger partial charge in [0.25, 0.3) is 0 Å². The molecule has 4 nitrogen and oxygen atoms in total. The largest absolute Gasteiger partial charge is 0.478 e. The Bertz CT molecular complexity index is 762. The molecule has 2 N–H and O–H groups in total. The Kier molecular flexibility index (Phi) is 4.11. The molecule has 0 aliphatic carbocycles. The van der Waals surface area contributed by atoms with E-state index >= 15 is 0 Å². The molecule has 0 spiro atoms. The second-order valence-corrected chi connectivity index (χ2v) is 5.93. The number of nitrogens with one attached hydrogen (secondary N) is 1. The first-order valence-corrected chi connectivity index (χ1v) is 7.71. The zero-order valence-electron chi connectivity index (χ0n) is 11.5. The lowest BCUT2D eigenvalue weighted by molar-refractivity contribution is 0.0697. The summed E-state index contributed by atoms with van der Waals surface area (Å²) in [5.74, 6) is -0.395. The van der Waals surface area contributed by atoms with Crippen LogP contribution in [0.1, 0.15) is 22.3 Å². The van der Waals surface area contributed by atoms with E-state index in [1.54, 1.807) is 30.0 Å². The van der Waals surface area contributed by atoms with E-state index in [0.29, 0.717) is 5.69 Å². The van der Waals surface area contributed by atoms with Gasteiger partial charge in [-0.3, -0.25) is 5.43 Å². The number of carboxylic acid groups (broad SMARTS) is 1. The highest BCUT2D eigenvalue weighted by atomic mass is 32.2. The Morgan fingerprint density at radius 1 is 1.27 bits per heavy atom. The highest BCUT2D eigenvalue weighted by Gasteiger charge is 2.17. The number of anilines is 1. The molecule has 0 saturated carbocycles. The summed E-state index contributed by atoms with van der Waals surface area (Å²) in [4.78, 5) is 12.0. The van der Waals surface area contributed by atoms with Crippen LogP contribution in [0.5, 0.6) is 0 Å². The molecule has 0 radical (unpaired) electrons. The summed E-state index contributed by atoms with van der Waals surface area (Å²) in [5, 5.41) is 13.3. The van der Waals surface area contributed by atoms with Gasteiger partial charge in [-0.1, -0.05) is 6.07 Å². The van der Waals surface area contributed by atoms with Crippen molar-refractivity contribution in [3.8, 4) is 0 Å². The van der Waals surface area contributed by atoms with E-state index in [2.05, 4.69) is 10.5 Å². The Hall–Kier alpha value is -2.34. The van der Waals surface area contributed by atoms with E-state index in [1.807, 2.05) is 0 Å². The Labute approximate surface area is 131 Å². The summed E-state index contributed by atoms with van der Waals surface area (Å²) in [6.45, 7) is 0. The summed E-state index contributed by atoms with van der Waals surface area (Å²) in [6.07, 6.45) is 0.729. The molecule has 0 atom stereocenters. The number of hydrazone groups is 1. The molecule has 0 saturated heterocycles. The third-order valence-corrected chi connectivity index (χ3v) is 4.35. The standard InChI is InChI=1S/C16H13FN2O2S/c17-11-4-5-15-13(9-11)14(6-7-22-15)19-18-12-3-1-2-10(8-12)16(20)21/h1-5,8-9,18H,6-7H2,(H,20,21). The number of carbonyl (C=O) groups is 1. The monoisotopic (exact) mass is 316 g/mol. The summed E-state index contributed by atoms with van der Waals surface area (Å²) in [6, 6.07) is 11.1. The number of benzene rings is 2. The normalized spacial score (nSPS) is 15.4. The van der Waals surface area contributed by atoms with Crippen molar-refractivity contribution < 1.29 is 14.3 Å². The summed E-state index contributed by atoms with van der Waals surface area (Å²) in [7, 11) is 0. The number of halogens is 1. The van der Waals surface area contributed by atoms with Gasteiger partial charge in [0.2, 0.25) is 0 Å². The van der Waals surface area contributed by atoms with Gasteiger partial charge in [0.1, 0.15) is 5.82 Å². The number of carboxylic acids is 1. The molecule has 0 unspecified atom stereocenters. The van der Waals surface area contributed by atoms with Gasteiger partial charge < -0.3 is 5.11 Å². The Balaban J connectivity index is 1.87. The van der Waals surface area contributed by atoms with Crippen LogP contribution in [-0.4, -0.2) is 22.5 Å². The smallest absolute Gasteiger partial charge is 0.335 e. The maximum Gasteiger partial charge on any atom is 0.335 e. The predicted octanol–water partition coefficient (Wildman–Crippen LogP) is 3.84. The van der Waals surface area contributed by atoms with Crippen molar-refractivity contribution in [2.24, 2.45) is 5.10 Å². The molecule has 1 aliphatic heterocycles. The number of nitrogens with zero attached hydrogens (tertiary/aromatic N) is 1. The van der Waals surface area contributed by atoms with Crippen LogP contribution in [0.25, 0.3) is 0 Å². The predicted molar refractivity (Wildman–Crippen MR) is 85.3 cm³/mol. The lowest BCUT2D eigenvalue weighted by atomic mass is 10.1. The van der Waals surface area contributed by atoms with Crippen molar-refractivity contribution in [1.82, 2.24) is 0 Å². The average molecular weight is 316 g/mol. The fourth-order valence-corrected chi connectivity index (χ4v) is 3.23. The summed E-state index contributed by atoms with van der Waals surface area (Å²) in [5.41, 5.74) is 5.20. The third kappa shape index (κ3) is 3.12. The third-order valence-electron chi connectivity index (χ3n) is 3.28. The van der Waals surface area contributed by atoms with Gasteiger partial charge in [0.05, 0.1) is 17.0 Å². The minimum atomic E-state index is -0.988. The van der Waals surface area contributed by atoms with Crippen molar-refractivity contribution in [2.45, 2.75) is 11.3 Å². The van der Waals surface area contributed by atoms with Crippen LogP contribution in [-0.2, 0) is 0 Å². The van der Waals surface area contributed by atoms with Gasteiger partial charge in [-0.25, -0.2) is 9.18 Å². The zero-order chi connectivity index (χ0) is 15.5. The number of fused-ring (bicyclic) bond motifs is 1. The van der Waals surface area contributed by atoms with E-state index in [0.717, 1.165) is 28.3 Å². The van der Waals surface area contributed by atoms with Crippen molar-refractivity contribution >= 4 is 29.1 Å². The summed E-state index contributed by atoms with van der Waals surface area (Å²) >= 11 is 1.68. The first kappa shape index (κ1) is 14.6. The van der Waals surface area contributed by atoms with Crippen molar-refractivity contribution in [3.05, 3.63) is 59.4 Å². The maximum atomic E-state index is 13.4. The SMILES string of the molecule is O=C(O)c1cccc(NN=C2CCSc3ccc(F)cc32)c1. The van der Waals surface area contributed by atoms with Gasteiger partial charge in [-0.2, -0.15) is 5.10 Å². The number of aromatic carboxylic acids is 1. The molecule has 0 bridgehead atoms. The van der Waals surface area contributed by atoms with Crippen molar-refractivity contribution in [3.63, 3.8) is 0 Å². The first-order valence-electron chi connectivity index (χ1n) is 6.72. The van der Waals surface area contributed by atoms with E-state index in [-0.39, 0.29) is 11.4 Å². The molecule has 1 heterocycles. The Morgan fingerprint density at radius 2 is 2.14 bits per heavy atom. The highest BCUT2D eigenvalue weighted by molar-refractivity contribution is 7.99. The van der Waals surface area contributed by atoms with E-state index in [1.165, 1.54) is 24.3 Å². The molecule has 2 aromatic carbocycles. The second kappa shape index (κ2) is 6.19. The van der Waals surface area contributed by atoms with E-state index in [4.69, 9.17) is 5.11 Å². The van der Waals surface area contributed by atoms with E-state index < -0.39 is 5.97 Å². The van der Waals surface area contributed by atoms with Crippen molar-refractivity contribution in [1.29, 1.82) is 0 Å². The Morgan fingerprint density at radius 3 is 2.95 bits per heavy atom. The lowest BCUT2D eigenvalue weighted by Crippen LogP contribution is -2.12. The van der Waals surface area contributed by atoms with Gasteiger partial charge in [0.15, 0.2) is 0 Å². The van der Waals surface area contributed by atoms with Gasteiger partial charge in [-0.15, -0.1) is 11.8 Å². The number of thioether (sulfide) groups is 1. The molecular formula is C16H13FN2O2S. The number of rotatable bonds is 3. The minimum Gasteiger partial charge on any atom is -0.478 e. The molecule has 0 aromatic heterocycles. The molecule has 0 amide bonds. The number of hydrogen-bond acceptors (Lipinski definition) is 4. The molecule has 22 heavy (non-hydrogen) atoms. The van der Waals surface area contributed by atoms with Crippen LogP contribution in [0.15, 0.2) is 52.5 Å². The van der Waals surface area contributed by atoms with Crippen LogP contribution in [0.4, 0.5) is 10.1 Å². The second-order valence-electron chi connectivity index (χ2n) is 4.80. The number of hydrogen-bond donors (Lipinski definition) is 2. The van der Waals surface area contributed by atoms with Gasteiger partial charge in [0, 0.05) is 22.6 Å². The molecule has 112 valence electrons. The first-order chi connectivity index (χ1) is 10.6. The quantitative estimate of drug-likeness (QED) is 0.845. The molecule has 0 fully saturated rings.